The molecule has 60 valence electrons. The van der Waals surface area contributed by atoms with Gasteiger partial charge < -0.3 is 14.8 Å². The van der Waals surface area contributed by atoms with Gasteiger partial charge in [-0.25, -0.2) is 0 Å². The first-order chi connectivity index (χ1) is 4.20. The summed E-state index contributed by atoms with van der Waals surface area (Å²) in [7, 11) is 1.92. The lowest BCUT2D eigenvalue weighted by Crippen LogP contribution is -2.32. The first kappa shape index (κ1) is 9.72. The highest BCUT2D eigenvalue weighted by atomic mass is 35.5. The van der Waals surface area contributed by atoms with Gasteiger partial charge in [0, 0.05) is 18.4 Å². The predicted molar refractivity (Wildman–Crippen MR) is 37.9 cm³/mol. The fourth-order valence-electron chi connectivity index (χ4n) is 1.13. The molecule has 1 aliphatic heterocycles. The zero-order chi connectivity index (χ0) is 6.85. The summed E-state index contributed by atoms with van der Waals surface area (Å²) in [6.07, 6.45) is 0.749. The Kier molecular flexibility index (Phi) is 3.68. The maximum absolute atomic E-state index is 10.2. The fraction of sp³-hybridized carbons (Fsp3) is 0.833. The van der Waals surface area contributed by atoms with E-state index in [9.17, 15) is 9.90 Å². The van der Waals surface area contributed by atoms with Crippen LogP contribution in [0.4, 0.5) is 0 Å². The van der Waals surface area contributed by atoms with E-state index in [-0.39, 0.29) is 18.3 Å². The molecule has 1 fully saturated rings. The van der Waals surface area contributed by atoms with Gasteiger partial charge in [-0.3, -0.25) is 0 Å². The SMILES string of the molecule is CN1CC[C@@H](C(=O)[O-])C1.Cl. The van der Waals surface area contributed by atoms with E-state index >= 15 is 0 Å². The van der Waals surface area contributed by atoms with Gasteiger partial charge in [0.25, 0.3) is 0 Å². The predicted octanol–water partition coefficient (Wildman–Crippen LogP) is -0.890. The number of nitrogens with zero attached hydrogens (tertiary/aromatic N) is 1. The van der Waals surface area contributed by atoms with E-state index < -0.39 is 5.97 Å². The normalized spacial score (nSPS) is 25.9. The molecular weight excluding hydrogens is 154 g/mol. The number of carbonyl (C=O) groups is 1. The highest BCUT2D eigenvalue weighted by Gasteiger charge is 2.19. The van der Waals surface area contributed by atoms with E-state index in [2.05, 4.69) is 0 Å². The average molecular weight is 165 g/mol. The molecule has 0 radical (unpaired) electrons. The van der Waals surface area contributed by atoms with Crippen LogP contribution < -0.4 is 5.11 Å². The monoisotopic (exact) mass is 164 g/mol. The molecule has 1 aliphatic rings. The van der Waals surface area contributed by atoms with Gasteiger partial charge in [-0.2, -0.15) is 0 Å². The van der Waals surface area contributed by atoms with E-state index in [1.54, 1.807) is 0 Å². The molecule has 0 amide bonds. The molecule has 0 aromatic carbocycles. The summed E-state index contributed by atoms with van der Waals surface area (Å²) in [6.45, 7) is 1.54. The van der Waals surface area contributed by atoms with E-state index in [1.807, 2.05) is 11.9 Å². The van der Waals surface area contributed by atoms with Crippen LogP contribution in [0.5, 0.6) is 0 Å². The second kappa shape index (κ2) is 3.78. The molecule has 3 nitrogen and oxygen atoms in total. The molecule has 0 bridgehead atoms. The summed E-state index contributed by atoms with van der Waals surface area (Å²) in [4.78, 5) is 12.2. The molecular formula is C6H11ClNO2-. The number of carbonyl (C=O) groups excluding carboxylic acids is 1. The third-order valence-corrected chi connectivity index (χ3v) is 1.72. The van der Waals surface area contributed by atoms with E-state index in [1.165, 1.54) is 0 Å². The number of halogens is 1. The van der Waals surface area contributed by atoms with Crippen LogP contribution in [-0.2, 0) is 4.79 Å². The molecule has 1 atom stereocenters. The van der Waals surface area contributed by atoms with Crippen molar-refractivity contribution >= 4 is 18.4 Å². The first-order valence-corrected chi connectivity index (χ1v) is 3.09. The van der Waals surface area contributed by atoms with Crippen molar-refractivity contribution in [1.82, 2.24) is 4.90 Å². The van der Waals surface area contributed by atoms with Crippen molar-refractivity contribution in [3.05, 3.63) is 0 Å². The lowest BCUT2D eigenvalue weighted by Gasteiger charge is -2.09. The summed E-state index contributed by atoms with van der Waals surface area (Å²) in [5, 5.41) is 10.2. The summed E-state index contributed by atoms with van der Waals surface area (Å²) in [5.41, 5.74) is 0. The fourth-order valence-corrected chi connectivity index (χ4v) is 1.13. The van der Waals surface area contributed by atoms with Crippen LogP contribution >= 0.6 is 12.4 Å². The summed E-state index contributed by atoms with van der Waals surface area (Å²) < 4.78 is 0. The standard InChI is InChI=1S/C6H11NO2.ClH/c1-7-3-2-5(4-7)6(8)9;/h5H,2-4H2,1H3,(H,8,9);1H/p-1/t5-;/m1./s1. The number of hydrogen-bond donors (Lipinski definition) is 0. The molecule has 1 rings (SSSR count). The molecule has 0 aromatic heterocycles. The Morgan fingerprint density at radius 2 is 2.30 bits per heavy atom. The number of rotatable bonds is 1. The maximum atomic E-state index is 10.2. The van der Waals surface area contributed by atoms with E-state index in [0.717, 1.165) is 13.0 Å². The summed E-state index contributed by atoms with van der Waals surface area (Å²) in [6, 6.07) is 0. The second-order valence-electron chi connectivity index (χ2n) is 2.57. The van der Waals surface area contributed by atoms with Gasteiger partial charge in [0.1, 0.15) is 0 Å². The van der Waals surface area contributed by atoms with Crippen LogP contribution in [0.2, 0.25) is 0 Å². The topological polar surface area (TPSA) is 43.4 Å². The molecule has 0 N–H and O–H groups in total. The van der Waals surface area contributed by atoms with Gasteiger partial charge in [-0.05, 0) is 20.0 Å². The smallest absolute Gasteiger partial charge is 0.0458 e. The van der Waals surface area contributed by atoms with Gasteiger partial charge in [-0.15, -0.1) is 12.4 Å². The van der Waals surface area contributed by atoms with Crippen molar-refractivity contribution in [2.24, 2.45) is 5.92 Å². The summed E-state index contributed by atoms with van der Waals surface area (Å²) in [5.74, 6) is -1.13. The minimum Gasteiger partial charge on any atom is -0.550 e. The number of likely N-dealkylation sites (tertiary alicyclic amines) is 1. The molecule has 0 spiro atoms. The van der Waals surface area contributed by atoms with Crippen molar-refractivity contribution in [1.29, 1.82) is 0 Å². The zero-order valence-electron chi connectivity index (χ0n) is 5.87. The van der Waals surface area contributed by atoms with Crippen LogP contribution in [0.3, 0.4) is 0 Å². The quantitative estimate of drug-likeness (QED) is 0.505. The van der Waals surface area contributed by atoms with Crippen LogP contribution in [0.15, 0.2) is 0 Å². The molecule has 0 saturated carbocycles. The van der Waals surface area contributed by atoms with Crippen LogP contribution in [0, 0.1) is 5.92 Å². The van der Waals surface area contributed by atoms with Gasteiger partial charge in [0.05, 0.1) is 0 Å². The van der Waals surface area contributed by atoms with E-state index in [4.69, 9.17) is 0 Å². The molecule has 10 heavy (non-hydrogen) atoms. The minimum absolute atomic E-state index is 0. The number of carboxylic acids is 1. The third kappa shape index (κ3) is 2.15. The molecule has 1 saturated heterocycles. The minimum atomic E-state index is -0.903. The first-order valence-electron chi connectivity index (χ1n) is 3.09. The Labute approximate surface area is 66.4 Å². The van der Waals surface area contributed by atoms with Crippen LogP contribution in [0.1, 0.15) is 6.42 Å². The van der Waals surface area contributed by atoms with Crippen molar-refractivity contribution in [2.75, 3.05) is 20.1 Å². The van der Waals surface area contributed by atoms with Gasteiger partial charge in [0.2, 0.25) is 0 Å². The lowest BCUT2D eigenvalue weighted by molar-refractivity contribution is -0.311. The Morgan fingerprint density at radius 1 is 1.70 bits per heavy atom. The van der Waals surface area contributed by atoms with Crippen LogP contribution in [-0.4, -0.2) is 31.0 Å². The Balaban J connectivity index is 0.000000810. The number of aliphatic carboxylic acids is 1. The van der Waals surface area contributed by atoms with Crippen LogP contribution in [0.25, 0.3) is 0 Å². The second-order valence-corrected chi connectivity index (χ2v) is 2.57. The van der Waals surface area contributed by atoms with Crippen molar-refractivity contribution in [3.63, 3.8) is 0 Å². The van der Waals surface area contributed by atoms with Crippen molar-refractivity contribution < 1.29 is 9.90 Å². The molecule has 1 heterocycles. The highest BCUT2D eigenvalue weighted by Crippen LogP contribution is 2.12. The molecule has 0 aliphatic carbocycles. The van der Waals surface area contributed by atoms with Gasteiger partial charge in [-0.1, -0.05) is 0 Å². The Morgan fingerprint density at radius 3 is 2.50 bits per heavy atom. The maximum Gasteiger partial charge on any atom is 0.0458 e. The lowest BCUT2D eigenvalue weighted by atomic mass is 10.1. The summed E-state index contributed by atoms with van der Waals surface area (Å²) >= 11 is 0. The van der Waals surface area contributed by atoms with Crippen molar-refractivity contribution in [3.8, 4) is 0 Å². The average Bonchev–Trinajstić information content (AvgIpc) is 2.14. The van der Waals surface area contributed by atoms with E-state index in [0.29, 0.717) is 6.54 Å². The highest BCUT2D eigenvalue weighted by molar-refractivity contribution is 5.85. The number of carboxylic acid groups (broad SMARTS) is 1. The molecule has 0 aromatic rings. The zero-order valence-corrected chi connectivity index (χ0v) is 6.69. The largest absolute Gasteiger partial charge is 0.550 e. The molecule has 4 heteroatoms. The molecule has 0 unspecified atom stereocenters. The Hall–Kier alpha value is -0.280. The Bertz CT molecular complexity index is 129. The van der Waals surface area contributed by atoms with Gasteiger partial charge in [0.15, 0.2) is 0 Å². The van der Waals surface area contributed by atoms with Crippen molar-refractivity contribution in [2.45, 2.75) is 6.42 Å². The number of hydrogen-bond acceptors (Lipinski definition) is 3. The van der Waals surface area contributed by atoms with Gasteiger partial charge >= 0.3 is 0 Å². The third-order valence-electron chi connectivity index (χ3n) is 1.72.